The van der Waals surface area contributed by atoms with Gasteiger partial charge in [0.25, 0.3) is 0 Å². The maximum atomic E-state index is 5.99. The SMILES string of the molecule is NCC(c1ccc(I)cc1)c1ccc(-c2cn[nH]c2)cc1. The van der Waals surface area contributed by atoms with Crippen molar-refractivity contribution in [1.82, 2.24) is 10.2 Å². The lowest BCUT2D eigenvalue weighted by Crippen LogP contribution is -2.13. The number of hydrogen-bond donors (Lipinski definition) is 2. The third-order valence-corrected chi connectivity index (χ3v) is 4.37. The van der Waals surface area contributed by atoms with E-state index in [-0.39, 0.29) is 5.92 Å². The molecule has 0 spiro atoms. The monoisotopic (exact) mass is 389 g/mol. The number of hydrogen-bond acceptors (Lipinski definition) is 2. The van der Waals surface area contributed by atoms with Crippen LogP contribution in [-0.2, 0) is 0 Å². The van der Waals surface area contributed by atoms with Gasteiger partial charge in [-0.15, -0.1) is 0 Å². The largest absolute Gasteiger partial charge is 0.330 e. The van der Waals surface area contributed by atoms with Crippen molar-refractivity contribution >= 4 is 22.6 Å². The van der Waals surface area contributed by atoms with Crippen LogP contribution in [0.2, 0.25) is 0 Å². The average Bonchev–Trinajstić information content (AvgIpc) is 3.05. The molecule has 0 fully saturated rings. The molecule has 0 bridgehead atoms. The molecule has 1 atom stereocenters. The van der Waals surface area contributed by atoms with Crippen molar-refractivity contribution in [2.24, 2.45) is 5.73 Å². The van der Waals surface area contributed by atoms with Crippen LogP contribution in [0, 0.1) is 3.57 Å². The Balaban J connectivity index is 1.89. The zero-order valence-corrected chi connectivity index (χ0v) is 13.6. The summed E-state index contributed by atoms with van der Waals surface area (Å²) < 4.78 is 1.24. The summed E-state index contributed by atoms with van der Waals surface area (Å²) in [6, 6.07) is 17.1. The molecule has 1 unspecified atom stereocenters. The summed E-state index contributed by atoms with van der Waals surface area (Å²) in [5.41, 5.74) is 10.7. The van der Waals surface area contributed by atoms with Gasteiger partial charge in [0.15, 0.2) is 0 Å². The molecule has 3 rings (SSSR count). The van der Waals surface area contributed by atoms with Crippen LogP contribution >= 0.6 is 22.6 Å². The van der Waals surface area contributed by atoms with E-state index in [0.29, 0.717) is 6.54 Å². The van der Waals surface area contributed by atoms with E-state index < -0.39 is 0 Å². The first-order chi connectivity index (χ1) is 10.3. The average molecular weight is 389 g/mol. The van der Waals surface area contributed by atoms with E-state index in [1.165, 1.54) is 14.7 Å². The van der Waals surface area contributed by atoms with Gasteiger partial charge in [-0.25, -0.2) is 0 Å². The van der Waals surface area contributed by atoms with Gasteiger partial charge in [-0.1, -0.05) is 36.4 Å². The summed E-state index contributed by atoms with van der Waals surface area (Å²) in [6.07, 6.45) is 3.73. The molecular weight excluding hydrogens is 373 g/mol. The number of halogens is 1. The van der Waals surface area contributed by atoms with E-state index in [2.05, 4.69) is 81.3 Å². The molecule has 3 nitrogen and oxygen atoms in total. The first-order valence-electron chi connectivity index (χ1n) is 6.82. The lowest BCUT2D eigenvalue weighted by molar-refractivity contribution is 0.819. The van der Waals surface area contributed by atoms with Gasteiger partial charge in [0, 0.05) is 27.8 Å². The molecule has 0 saturated heterocycles. The predicted molar refractivity (Wildman–Crippen MR) is 94.1 cm³/mol. The van der Waals surface area contributed by atoms with Gasteiger partial charge in [-0.2, -0.15) is 5.10 Å². The molecule has 0 saturated carbocycles. The number of aromatic amines is 1. The highest BCUT2D eigenvalue weighted by atomic mass is 127. The zero-order chi connectivity index (χ0) is 14.7. The van der Waals surface area contributed by atoms with Crippen molar-refractivity contribution in [3.05, 3.63) is 75.6 Å². The van der Waals surface area contributed by atoms with Gasteiger partial charge in [0.05, 0.1) is 6.20 Å². The summed E-state index contributed by atoms with van der Waals surface area (Å²) in [5.74, 6) is 0.236. The van der Waals surface area contributed by atoms with Crippen LogP contribution < -0.4 is 5.73 Å². The van der Waals surface area contributed by atoms with E-state index in [0.717, 1.165) is 11.1 Å². The van der Waals surface area contributed by atoms with Crippen LogP contribution in [-0.4, -0.2) is 16.7 Å². The number of nitrogens with zero attached hydrogens (tertiary/aromatic N) is 1. The van der Waals surface area contributed by atoms with Gasteiger partial charge in [-0.3, -0.25) is 5.10 Å². The van der Waals surface area contributed by atoms with Crippen molar-refractivity contribution in [1.29, 1.82) is 0 Å². The molecule has 0 aliphatic rings. The first kappa shape index (κ1) is 14.3. The molecule has 0 aliphatic heterocycles. The maximum Gasteiger partial charge on any atom is 0.0565 e. The van der Waals surface area contributed by atoms with Gasteiger partial charge in [0.2, 0.25) is 0 Å². The summed E-state index contributed by atoms with van der Waals surface area (Å²) in [7, 11) is 0. The number of benzene rings is 2. The minimum Gasteiger partial charge on any atom is -0.330 e. The normalized spacial score (nSPS) is 12.3. The Morgan fingerprint density at radius 2 is 1.57 bits per heavy atom. The molecule has 0 radical (unpaired) electrons. The summed E-state index contributed by atoms with van der Waals surface area (Å²) in [6.45, 7) is 0.603. The summed E-state index contributed by atoms with van der Waals surface area (Å²) >= 11 is 2.32. The molecule has 3 aromatic rings. The fourth-order valence-electron chi connectivity index (χ4n) is 2.48. The molecule has 0 amide bonds. The van der Waals surface area contributed by atoms with Crippen molar-refractivity contribution in [3.8, 4) is 11.1 Å². The minimum absolute atomic E-state index is 0.236. The van der Waals surface area contributed by atoms with Crippen LogP contribution in [0.1, 0.15) is 17.0 Å². The van der Waals surface area contributed by atoms with Crippen LogP contribution in [0.15, 0.2) is 60.9 Å². The van der Waals surface area contributed by atoms with Gasteiger partial charge >= 0.3 is 0 Å². The highest BCUT2D eigenvalue weighted by molar-refractivity contribution is 14.1. The van der Waals surface area contributed by atoms with Crippen molar-refractivity contribution in [2.45, 2.75) is 5.92 Å². The van der Waals surface area contributed by atoms with E-state index in [9.17, 15) is 0 Å². The van der Waals surface area contributed by atoms with Crippen LogP contribution in [0.4, 0.5) is 0 Å². The standard InChI is InChI=1S/C17H16IN3/c18-16-7-5-14(6-8-16)17(9-19)13-3-1-12(2-4-13)15-10-20-21-11-15/h1-8,10-11,17H,9,19H2,(H,20,21). The Kier molecular flexibility index (Phi) is 4.36. The molecule has 106 valence electrons. The fraction of sp³-hybridized carbons (Fsp3) is 0.118. The van der Waals surface area contributed by atoms with Crippen molar-refractivity contribution in [3.63, 3.8) is 0 Å². The quantitative estimate of drug-likeness (QED) is 0.668. The van der Waals surface area contributed by atoms with E-state index in [1.807, 2.05) is 12.4 Å². The summed E-state index contributed by atoms with van der Waals surface area (Å²) in [4.78, 5) is 0. The first-order valence-corrected chi connectivity index (χ1v) is 7.90. The highest BCUT2D eigenvalue weighted by Gasteiger charge is 2.12. The minimum atomic E-state index is 0.236. The number of rotatable bonds is 4. The predicted octanol–water partition coefficient (Wildman–Crippen LogP) is 3.77. The molecule has 1 heterocycles. The lowest BCUT2D eigenvalue weighted by atomic mass is 9.90. The Hall–Kier alpha value is -1.66. The van der Waals surface area contributed by atoms with Crippen molar-refractivity contribution in [2.75, 3.05) is 6.54 Å². The fourth-order valence-corrected chi connectivity index (χ4v) is 2.84. The Morgan fingerprint density at radius 3 is 2.10 bits per heavy atom. The molecule has 0 aliphatic carbocycles. The molecular formula is C17H16IN3. The molecule has 3 N–H and O–H groups in total. The third kappa shape index (κ3) is 3.16. The Morgan fingerprint density at radius 1 is 0.952 bits per heavy atom. The number of nitrogens with two attached hydrogens (primary N) is 1. The van der Waals surface area contributed by atoms with Crippen LogP contribution in [0.25, 0.3) is 11.1 Å². The van der Waals surface area contributed by atoms with Gasteiger partial charge in [-0.05, 0) is 51.4 Å². The number of H-pyrrole nitrogens is 1. The molecule has 4 heteroatoms. The van der Waals surface area contributed by atoms with E-state index in [4.69, 9.17) is 5.73 Å². The number of nitrogens with one attached hydrogen (secondary N) is 1. The smallest absolute Gasteiger partial charge is 0.0565 e. The van der Waals surface area contributed by atoms with Gasteiger partial charge in [0.1, 0.15) is 0 Å². The second-order valence-electron chi connectivity index (χ2n) is 4.95. The van der Waals surface area contributed by atoms with E-state index in [1.54, 1.807) is 0 Å². The Bertz CT molecular complexity index is 688. The Labute approximate surface area is 137 Å². The summed E-state index contributed by atoms with van der Waals surface area (Å²) in [5, 5.41) is 6.82. The lowest BCUT2D eigenvalue weighted by Gasteiger charge is -2.16. The van der Waals surface area contributed by atoms with Gasteiger partial charge < -0.3 is 5.73 Å². The van der Waals surface area contributed by atoms with Crippen LogP contribution in [0.3, 0.4) is 0 Å². The second-order valence-corrected chi connectivity index (χ2v) is 6.19. The molecule has 1 aromatic heterocycles. The maximum absolute atomic E-state index is 5.99. The topological polar surface area (TPSA) is 54.7 Å². The molecule has 2 aromatic carbocycles. The molecule has 21 heavy (non-hydrogen) atoms. The van der Waals surface area contributed by atoms with Crippen molar-refractivity contribution < 1.29 is 0 Å². The third-order valence-electron chi connectivity index (χ3n) is 3.65. The second kappa shape index (κ2) is 6.41. The van der Waals surface area contributed by atoms with E-state index >= 15 is 0 Å². The highest BCUT2D eigenvalue weighted by Crippen LogP contribution is 2.26. The number of aromatic nitrogens is 2. The zero-order valence-electron chi connectivity index (χ0n) is 11.5. The van der Waals surface area contributed by atoms with Crippen LogP contribution in [0.5, 0.6) is 0 Å².